The summed E-state index contributed by atoms with van der Waals surface area (Å²) in [5.74, 6) is -1.21. The molecule has 2 N–H and O–H groups in total. The van der Waals surface area contributed by atoms with E-state index in [0.717, 1.165) is 25.7 Å². The molecule has 82 valence electrons. The maximum atomic E-state index is 11.0. The summed E-state index contributed by atoms with van der Waals surface area (Å²) in [4.78, 5) is 21.5. The summed E-state index contributed by atoms with van der Waals surface area (Å²) < 4.78 is 4.37. The van der Waals surface area contributed by atoms with Crippen molar-refractivity contribution >= 4 is 11.9 Å². The summed E-state index contributed by atoms with van der Waals surface area (Å²) in [6.07, 6.45) is 4.85. The number of ether oxygens (including phenoxy) is 1. The number of hydrogen-bond acceptors (Lipinski definition) is 4. The number of nitrogens with two attached hydrogens (primary N) is 1. The highest BCUT2D eigenvalue weighted by Gasteiger charge is 2.15. The van der Waals surface area contributed by atoms with Gasteiger partial charge in [0.25, 0.3) is 0 Å². The number of carbonyl (C=O) groups excluding carboxylic acids is 2. The second-order valence-electron chi connectivity index (χ2n) is 3.37. The number of hydrogen-bond donors (Lipinski definition) is 1. The van der Waals surface area contributed by atoms with Crippen LogP contribution in [0.15, 0.2) is 0 Å². The third kappa shape index (κ3) is 6.60. The summed E-state index contributed by atoms with van der Waals surface area (Å²) in [5.41, 5.74) is 5.52. The van der Waals surface area contributed by atoms with E-state index in [4.69, 9.17) is 5.73 Å². The molecule has 0 saturated carbocycles. The Morgan fingerprint density at radius 2 is 1.93 bits per heavy atom. The van der Waals surface area contributed by atoms with Crippen molar-refractivity contribution in [3.8, 4) is 0 Å². The molecule has 4 heteroatoms. The Kier molecular flexibility index (Phi) is 7.02. The van der Waals surface area contributed by atoms with E-state index in [1.54, 1.807) is 0 Å². The molecule has 0 heterocycles. The number of rotatable bonds is 6. The van der Waals surface area contributed by atoms with E-state index in [2.05, 4.69) is 11.7 Å². The van der Waals surface area contributed by atoms with Crippen molar-refractivity contribution in [2.24, 2.45) is 5.73 Å². The fraction of sp³-hybridized carbons (Fsp3) is 0.800. The lowest BCUT2D eigenvalue weighted by molar-refractivity contribution is -0.159. The summed E-state index contributed by atoms with van der Waals surface area (Å²) in [5, 5.41) is 0. The van der Waals surface area contributed by atoms with E-state index in [1.807, 2.05) is 0 Å². The number of esters is 2. The first kappa shape index (κ1) is 13.1. The molecule has 0 radical (unpaired) electrons. The van der Waals surface area contributed by atoms with Crippen LogP contribution in [0.3, 0.4) is 0 Å². The van der Waals surface area contributed by atoms with Crippen LogP contribution in [0.2, 0.25) is 0 Å². The lowest BCUT2D eigenvalue weighted by atomic mass is 10.1. The molecule has 0 aliphatic heterocycles. The summed E-state index contributed by atoms with van der Waals surface area (Å²) in [7, 11) is 0. The van der Waals surface area contributed by atoms with Gasteiger partial charge in [0, 0.05) is 6.92 Å². The summed E-state index contributed by atoms with van der Waals surface area (Å²) in [6, 6.07) is -0.657. The Bertz CT molecular complexity index is 192. The molecule has 0 rings (SSSR count). The molecule has 0 aromatic rings. The third-order valence-electron chi connectivity index (χ3n) is 1.92. The van der Waals surface area contributed by atoms with E-state index in [9.17, 15) is 9.59 Å². The van der Waals surface area contributed by atoms with Crippen LogP contribution in [0, 0.1) is 0 Å². The van der Waals surface area contributed by atoms with Crippen LogP contribution in [-0.2, 0) is 14.3 Å². The van der Waals surface area contributed by atoms with Crippen molar-refractivity contribution in [1.29, 1.82) is 0 Å². The van der Waals surface area contributed by atoms with Gasteiger partial charge < -0.3 is 10.5 Å². The minimum Gasteiger partial charge on any atom is -0.392 e. The molecule has 14 heavy (non-hydrogen) atoms. The summed E-state index contributed by atoms with van der Waals surface area (Å²) in [6.45, 7) is 3.31. The van der Waals surface area contributed by atoms with Crippen molar-refractivity contribution in [3.63, 3.8) is 0 Å². The van der Waals surface area contributed by atoms with Gasteiger partial charge >= 0.3 is 11.9 Å². The maximum absolute atomic E-state index is 11.0. The second kappa shape index (κ2) is 7.50. The van der Waals surface area contributed by atoms with Gasteiger partial charge in [-0.3, -0.25) is 4.79 Å². The van der Waals surface area contributed by atoms with Gasteiger partial charge in [-0.25, -0.2) is 4.79 Å². The largest absolute Gasteiger partial charge is 0.392 e. The van der Waals surface area contributed by atoms with Crippen LogP contribution in [0.5, 0.6) is 0 Å². The SMILES string of the molecule is CCCCCCC(N)C(=O)OC(C)=O. The highest BCUT2D eigenvalue weighted by atomic mass is 16.6. The van der Waals surface area contributed by atoms with E-state index in [0.29, 0.717) is 6.42 Å². The fourth-order valence-corrected chi connectivity index (χ4v) is 1.13. The zero-order valence-electron chi connectivity index (χ0n) is 8.91. The molecule has 0 aliphatic rings. The minimum atomic E-state index is -0.657. The van der Waals surface area contributed by atoms with Gasteiger partial charge in [-0.05, 0) is 6.42 Å². The molecule has 1 atom stereocenters. The molecule has 0 aliphatic carbocycles. The zero-order chi connectivity index (χ0) is 11.0. The topological polar surface area (TPSA) is 69.4 Å². The van der Waals surface area contributed by atoms with Crippen molar-refractivity contribution in [2.45, 2.75) is 52.0 Å². The van der Waals surface area contributed by atoms with Crippen LogP contribution < -0.4 is 5.73 Å². The van der Waals surface area contributed by atoms with Gasteiger partial charge in [-0.15, -0.1) is 0 Å². The van der Waals surface area contributed by atoms with E-state index in [-0.39, 0.29) is 0 Å². The van der Waals surface area contributed by atoms with E-state index >= 15 is 0 Å². The highest BCUT2D eigenvalue weighted by molar-refractivity contribution is 5.87. The summed E-state index contributed by atoms with van der Waals surface area (Å²) >= 11 is 0. The fourth-order valence-electron chi connectivity index (χ4n) is 1.13. The van der Waals surface area contributed by atoms with E-state index < -0.39 is 18.0 Å². The normalized spacial score (nSPS) is 12.2. The van der Waals surface area contributed by atoms with Crippen molar-refractivity contribution in [2.75, 3.05) is 0 Å². The molecule has 0 amide bonds. The van der Waals surface area contributed by atoms with Crippen molar-refractivity contribution in [3.05, 3.63) is 0 Å². The second-order valence-corrected chi connectivity index (χ2v) is 3.37. The molecule has 0 bridgehead atoms. The van der Waals surface area contributed by atoms with Crippen LogP contribution in [0.4, 0.5) is 0 Å². The van der Waals surface area contributed by atoms with Gasteiger partial charge in [0.2, 0.25) is 0 Å². The molecule has 0 aromatic heterocycles. The van der Waals surface area contributed by atoms with Gasteiger partial charge in [0.05, 0.1) is 0 Å². The lowest BCUT2D eigenvalue weighted by Gasteiger charge is -2.08. The molecule has 0 spiro atoms. The standard InChI is InChI=1S/C10H19NO3/c1-3-4-5-6-7-9(11)10(13)14-8(2)12/h9H,3-7,11H2,1-2H3. The quantitative estimate of drug-likeness (QED) is 0.400. The van der Waals surface area contributed by atoms with Gasteiger partial charge in [0.1, 0.15) is 6.04 Å². The molecule has 0 saturated heterocycles. The molecular weight excluding hydrogens is 182 g/mol. The molecule has 0 aromatic carbocycles. The van der Waals surface area contributed by atoms with Gasteiger partial charge in [-0.1, -0.05) is 32.6 Å². The molecule has 4 nitrogen and oxygen atoms in total. The average Bonchev–Trinajstić information content (AvgIpc) is 2.11. The van der Waals surface area contributed by atoms with Crippen LogP contribution in [0.1, 0.15) is 46.0 Å². The van der Waals surface area contributed by atoms with Crippen molar-refractivity contribution < 1.29 is 14.3 Å². The lowest BCUT2D eigenvalue weighted by Crippen LogP contribution is -2.33. The monoisotopic (exact) mass is 201 g/mol. The van der Waals surface area contributed by atoms with Gasteiger partial charge in [-0.2, -0.15) is 0 Å². The minimum absolute atomic E-state index is 0.589. The number of unbranched alkanes of at least 4 members (excludes halogenated alkanes) is 3. The Balaban J connectivity index is 3.57. The first-order valence-corrected chi connectivity index (χ1v) is 5.05. The third-order valence-corrected chi connectivity index (χ3v) is 1.92. The van der Waals surface area contributed by atoms with E-state index in [1.165, 1.54) is 6.92 Å². The molecule has 1 unspecified atom stereocenters. The van der Waals surface area contributed by atoms with Crippen LogP contribution in [-0.4, -0.2) is 18.0 Å². The Labute approximate surface area is 84.8 Å². The predicted octanol–water partition coefficient (Wildman–Crippen LogP) is 1.37. The van der Waals surface area contributed by atoms with Gasteiger partial charge in [0.15, 0.2) is 0 Å². The predicted molar refractivity (Wildman–Crippen MR) is 53.5 cm³/mol. The Morgan fingerprint density at radius 1 is 1.29 bits per heavy atom. The average molecular weight is 201 g/mol. The number of carbonyl (C=O) groups is 2. The molecular formula is C10H19NO3. The zero-order valence-corrected chi connectivity index (χ0v) is 8.91. The van der Waals surface area contributed by atoms with Crippen LogP contribution >= 0.6 is 0 Å². The highest BCUT2D eigenvalue weighted by Crippen LogP contribution is 2.05. The first-order chi connectivity index (χ1) is 6.57. The van der Waals surface area contributed by atoms with Crippen LogP contribution in [0.25, 0.3) is 0 Å². The molecule has 0 fully saturated rings. The smallest absolute Gasteiger partial charge is 0.330 e. The Hall–Kier alpha value is -0.900. The maximum Gasteiger partial charge on any atom is 0.330 e. The first-order valence-electron chi connectivity index (χ1n) is 5.05. The Morgan fingerprint density at radius 3 is 2.43 bits per heavy atom. The van der Waals surface area contributed by atoms with Crippen molar-refractivity contribution in [1.82, 2.24) is 0 Å².